The molecule has 17 nitrogen and oxygen atoms in total. The maximum Gasteiger partial charge on any atom is 0.472 e. The van der Waals surface area contributed by atoms with Gasteiger partial charge in [-0.1, -0.05) is 376 Å². The lowest BCUT2D eigenvalue weighted by molar-refractivity contribution is -0.161. The first-order chi connectivity index (χ1) is 48.7. The fraction of sp³-hybridized carbons (Fsp3) is 0.951. The van der Waals surface area contributed by atoms with Crippen LogP contribution in [0.1, 0.15) is 427 Å². The van der Waals surface area contributed by atoms with Gasteiger partial charge in [0.05, 0.1) is 26.4 Å². The third kappa shape index (κ3) is 76.1. The van der Waals surface area contributed by atoms with Crippen LogP contribution in [-0.4, -0.2) is 96.7 Å². The Kier molecular flexibility index (Phi) is 70.9. The van der Waals surface area contributed by atoms with Crippen molar-refractivity contribution >= 4 is 39.5 Å². The van der Waals surface area contributed by atoms with Gasteiger partial charge in [-0.05, 0) is 43.4 Å². The number of aliphatic hydroxyl groups excluding tert-OH is 1. The van der Waals surface area contributed by atoms with Crippen molar-refractivity contribution in [3.8, 4) is 0 Å². The average molecular weight is 1480 g/mol. The van der Waals surface area contributed by atoms with Crippen molar-refractivity contribution in [1.82, 2.24) is 0 Å². The lowest BCUT2D eigenvalue weighted by Gasteiger charge is -2.21. The predicted molar refractivity (Wildman–Crippen MR) is 414 cm³/mol. The molecule has 0 fully saturated rings. The standard InChI is InChI=1S/C82H160O17P2/c1-8-9-10-11-12-13-14-15-16-20-23-26-35-42-49-56-63-79(84)92-69-77(98-81(86)65-58-51-44-37-27-24-21-18-17-19-22-25-32-39-46-53-60-73(2)3)71-96-100(88,89)94-67-76(83)68-95-101(90,91)97-72-78(99-82(87)66-59-52-45-38-31-29-34-41-48-55-62-75(6)7)70-93-80(85)64-57-50-43-36-30-28-33-40-47-54-61-74(4)5/h73-78,83H,8-72H2,1-7H3,(H,88,89)(H,90,91)/t76-,77-,78-/m1/s1. The summed E-state index contributed by atoms with van der Waals surface area (Å²) in [5.74, 6) is 0.211. The normalized spacial score (nSPS) is 14.0. The van der Waals surface area contributed by atoms with Crippen molar-refractivity contribution in [2.24, 2.45) is 17.8 Å². The number of carbonyl (C=O) groups is 4. The largest absolute Gasteiger partial charge is 0.472 e. The Morgan fingerprint density at radius 3 is 0.673 bits per heavy atom. The molecule has 19 heteroatoms. The topological polar surface area (TPSA) is 237 Å². The lowest BCUT2D eigenvalue weighted by Crippen LogP contribution is -2.30. The zero-order chi connectivity index (χ0) is 74.4. The Balaban J connectivity index is 5.26. The Hall–Kier alpha value is -1.94. The molecule has 0 heterocycles. The Morgan fingerprint density at radius 2 is 0.455 bits per heavy atom. The molecule has 0 aliphatic rings. The van der Waals surface area contributed by atoms with E-state index >= 15 is 0 Å². The average Bonchev–Trinajstić information content (AvgIpc) is 0.963. The molecule has 0 amide bonds. The van der Waals surface area contributed by atoms with Crippen LogP contribution in [-0.2, 0) is 65.4 Å². The van der Waals surface area contributed by atoms with Crippen LogP contribution in [0.25, 0.3) is 0 Å². The Bertz CT molecular complexity index is 1960. The highest BCUT2D eigenvalue weighted by Gasteiger charge is 2.30. The molecule has 3 N–H and O–H groups in total. The summed E-state index contributed by atoms with van der Waals surface area (Å²) in [7, 11) is -9.92. The number of hydrogen-bond donors (Lipinski definition) is 3. The fourth-order valence-corrected chi connectivity index (χ4v) is 14.2. The SMILES string of the molecule is CCCCCCCCCCCCCCCCCCC(=O)OC[C@H](COP(=O)(O)OC[C@@H](O)COP(=O)(O)OC[C@@H](COC(=O)CCCCCCCCCCCCC(C)C)OC(=O)CCCCCCCCCCCCC(C)C)OC(=O)CCCCCCCCCCCCCCCCCCC(C)C. The summed E-state index contributed by atoms with van der Waals surface area (Å²) >= 11 is 0. The van der Waals surface area contributed by atoms with Gasteiger partial charge in [-0.25, -0.2) is 9.13 Å². The highest BCUT2D eigenvalue weighted by Crippen LogP contribution is 2.45. The summed E-state index contributed by atoms with van der Waals surface area (Å²) in [5, 5.41) is 10.7. The van der Waals surface area contributed by atoms with Crippen molar-refractivity contribution in [2.75, 3.05) is 39.6 Å². The van der Waals surface area contributed by atoms with Gasteiger partial charge in [0.25, 0.3) is 0 Å². The number of rotatable bonds is 80. The van der Waals surface area contributed by atoms with Crippen LogP contribution < -0.4 is 0 Å². The van der Waals surface area contributed by atoms with E-state index in [-0.39, 0.29) is 25.7 Å². The zero-order valence-corrected chi connectivity index (χ0v) is 68.2. The van der Waals surface area contributed by atoms with Crippen LogP contribution in [0, 0.1) is 17.8 Å². The van der Waals surface area contributed by atoms with Crippen LogP contribution in [0.5, 0.6) is 0 Å². The van der Waals surface area contributed by atoms with Gasteiger partial charge in [-0.3, -0.25) is 37.3 Å². The van der Waals surface area contributed by atoms with Gasteiger partial charge >= 0.3 is 39.5 Å². The number of ether oxygens (including phenoxy) is 4. The Labute approximate surface area is 619 Å². The molecule has 600 valence electrons. The smallest absolute Gasteiger partial charge is 0.462 e. The molecule has 0 aliphatic carbocycles. The lowest BCUT2D eigenvalue weighted by atomic mass is 10.0. The van der Waals surface area contributed by atoms with Crippen molar-refractivity contribution in [1.29, 1.82) is 0 Å². The first kappa shape index (κ1) is 99.1. The molecule has 0 spiro atoms. The fourth-order valence-electron chi connectivity index (χ4n) is 12.7. The van der Waals surface area contributed by atoms with E-state index in [9.17, 15) is 43.2 Å². The molecule has 0 radical (unpaired) electrons. The summed E-state index contributed by atoms with van der Waals surface area (Å²) in [6, 6.07) is 0. The maximum atomic E-state index is 13.1. The second kappa shape index (κ2) is 72.3. The molecule has 5 atom stereocenters. The van der Waals surface area contributed by atoms with E-state index in [1.54, 1.807) is 0 Å². The zero-order valence-electron chi connectivity index (χ0n) is 66.4. The summed E-state index contributed by atoms with van der Waals surface area (Å²) in [4.78, 5) is 73.1. The number of carbonyl (C=O) groups excluding carboxylic acids is 4. The number of unbranched alkanes of at least 4 members (excludes halogenated alkanes) is 48. The molecule has 2 unspecified atom stereocenters. The van der Waals surface area contributed by atoms with E-state index in [0.717, 1.165) is 108 Å². The quantitative estimate of drug-likeness (QED) is 0.0222. The van der Waals surface area contributed by atoms with Crippen molar-refractivity contribution in [3.63, 3.8) is 0 Å². The molecule has 0 aliphatic heterocycles. The first-order valence-corrected chi connectivity index (χ1v) is 45.3. The molecule has 0 aromatic rings. The third-order valence-corrected chi connectivity index (χ3v) is 21.0. The molecule has 0 aromatic carbocycles. The summed E-state index contributed by atoms with van der Waals surface area (Å²) in [5.41, 5.74) is 0. The van der Waals surface area contributed by atoms with Crippen LogP contribution in [0.15, 0.2) is 0 Å². The number of esters is 4. The van der Waals surface area contributed by atoms with Gasteiger partial charge in [-0.2, -0.15) is 0 Å². The minimum atomic E-state index is -4.96. The molecule has 0 bridgehead atoms. The Morgan fingerprint density at radius 1 is 0.267 bits per heavy atom. The van der Waals surface area contributed by atoms with E-state index in [1.165, 1.54) is 238 Å². The summed E-state index contributed by atoms with van der Waals surface area (Å²) < 4.78 is 68.8. The number of hydrogen-bond acceptors (Lipinski definition) is 15. The molecule has 0 rings (SSSR count). The molecular formula is C82H160O17P2. The van der Waals surface area contributed by atoms with Gasteiger partial charge < -0.3 is 33.8 Å². The van der Waals surface area contributed by atoms with Crippen molar-refractivity contribution < 1.29 is 80.2 Å². The number of aliphatic hydroxyl groups is 1. The highest BCUT2D eigenvalue weighted by atomic mass is 31.2. The minimum Gasteiger partial charge on any atom is -0.462 e. The first-order valence-electron chi connectivity index (χ1n) is 42.3. The van der Waals surface area contributed by atoms with E-state index in [0.29, 0.717) is 25.7 Å². The van der Waals surface area contributed by atoms with Crippen molar-refractivity contribution in [3.05, 3.63) is 0 Å². The molecule has 101 heavy (non-hydrogen) atoms. The third-order valence-electron chi connectivity index (χ3n) is 19.1. The van der Waals surface area contributed by atoms with Crippen LogP contribution in [0.2, 0.25) is 0 Å². The van der Waals surface area contributed by atoms with Crippen LogP contribution >= 0.6 is 15.6 Å². The van der Waals surface area contributed by atoms with Gasteiger partial charge in [0.15, 0.2) is 12.2 Å². The second-order valence-corrected chi connectivity index (χ2v) is 33.8. The van der Waals surface area contributed by atoms with Gasteiger partial charge in [0, 0.05) is 25.7 Å². The molecular weight excluding hydrogens is 1320 g/mol. The van der Waals surface area contributed by atoms with Gasteiger partial charge in [0.1, 0.15) is 19.3 Å². The molecule has 0 saturated carbocycles. The predicted octanol–water partition coefficient (Wildman–Crippen LogP) is 24.5. The van der Waals surface area contributed by atoms with Gasteiger partial charge in [0.2, 0.25) is 0 Å². The molecule has 0 saturated heterocycles. The van der Waals surface area contributed by atoms with E-state index in [1.807, 2.05) is 0 Å². The number of phosphoric ester groups is 2. The maximum absolute atomic E-state index is 13.1. The monoisotopic (exact) mass is 1480 g/mol. The van der Waals surface area contributed by atoms with E-state index in [2.05, 4.69) is 48.5 Å². The summed E-state index contributed by atoms with van der Waals surface area (Å²) in [6.07, 6.45) is 61.0. The highest BCUT2D eigenvalue weighted by molar-refractivity contribution is 7.47. The van der Waals surface area contributed by atoms with Gasteiger partial charge in [-0.15, -0.1) is 0 Å². The van der Waals surface area contributed by atoms with Crippen LogP contribution in [0.4, 0.5) is 0 Å². The van der Waals surface area contributed by atoms with Crippen molar-refractivity contribution in [2.45, 2.75) is 446 Å². The van der Waals surface area contributed by atoms with E-state index in [4.69, 9.17) is 37.0 Å². The minimum absolute atomic E-state index is 0.106. The van der Waals surface area contributed by atoms with Crippen LogP contribution in [0.3, 0.4) is 0 Å². The molecule has 0 aromatic heterocycles. The second-order valence-electron chi connectivity index (χ2n) is 30.9. The summed E-state index contributed by atoms with van der Waals surface area (Å²) in [6.45, 7) is 12.0. The number of phosphoric acid groups is 2. The van der Waals surface area contributed by atoms with E-state index < -0.39 is 97.5 Å².